The lowest BCUT2D eigenvalue weighted by Crippen LogP contribution is -2.43. The van der Waals surface area contributed by atoms with Crippen LogP contribution < -0.4 is 10.5 Å². The average Bonchev–Trinajstić information content (AvgIpc) is 2.84. The normalized spacial score (nSPS) is 18.1. The predicted octanol–water partition coefficient (Wildman–Crippen LogP) is 2.43. The molecule has 5 nitrogen and oxygen atoms in total. The summed E-state index contributed by atoms with van der Waals surface area (Å²) < 4.78 is 28.3. The summed E-state index contributed by atoms with van der Waals surface area (Å²) in [4.78, 5) is 4.40. The molecule has 0 bridgehead atoms. The minimum absolute atomic E-state index is 0.195. The standard InChI is InChI=1S/C15H19N3O2S/c1-15(8-2-3-9-15)18-21(19,20)13-7-6-12(16)11-5-4-10-17-14(11)13/h4-7,10,18H,2-3,8-9,16H2,1H3. The average molecular weight is 305 g/mol. The fourth-order valence-electron chi connectivity index (χ4n) is 3.02. The molecule has 1 fully saturated rings. The number of hydrogen-bond acceptors (Lipinski definition) is 4. The summed E-state index contributed by atoms with van der Waals surface area (Å²) in [5, 5.41) is 0.664. The number of aromatic nitrogens is 1. The van der Waals surface area contributed by atoms with Crippen LogP contribution in [0.3, 0.4) is 0 Å². The van der Waals surface area contributed by atoms with E-state index in [0.717, 1.165) is 25.7 Å². The summed E-state index contributed by atoms with van der Waals surface area (Å²) in [6, 6.07) is 6.69. The van der Waals surface area contributed by atoms with Crippen LogP contribution in [0.1, 0.15) is 32.6 Å². The highest BCUT2D eigenvalue weighted by molar-refractivity contribution is 7.89. The molecule has 1 saturated carbocycles. The zero-order valence-corrected chi connectivity index (χ0v) is 12.8. The molecule has 0 atom stereocenters. The Bertz CT molecular complexity index is 781. The van der Waals surface area contributed by atoms with Gasteiger partial charge in [-0.3, -0.25) is 4.98 Å². The molecule has 0 spiro atoms. The molecule has 1 aromatic heterocycles. The first-order valence-electron chi connectivity index (χ1n) is 7.09. The molecule has 6 heteroatoms. The van der Waals surface area contributed by atoms with Crippen molar-refractivity contribution in [1.82, 2.24) is 9.71 Å². The van der Waals surface area contributed by atoms with E-state index in [1.54, 1.807) is 24.4 Å². The summed E-state index contributed by atoms with van der Waals surface area (Å²) in [6.07, 6.45) is 5.43. The summed E-state index contributed by atoms with van der Waals surface area (Å²) in [6.45, 7) is 1.96. The SMILES string of the molecule is CC1(NS(=O)(=O)c2ccc(N)c3cccnc23)CCCC1. The Kier molecular flexibility index (Phi) is 3.37. The van der Waals surface area contributed by atoms with E-state index in [1.807, 2.05) is 6.92 Å². The lowest BCUT2D eigenvalue weighted by atomic mass is 10.0. The Morgan fingerprint density at radius 3 is 2.67 bits per heavy atom. The number of nitrogen functional groups attached to an aromatic ring is 1. The fraction of sp³-hybridized carbons (Fsp3) is 0.400. The van der Waals surface area contributed by atoms with Gasteiger partial charge in [0.25, 0.3) is 0 Å². The van der Waals surface area contributed by atoms with E-state index in [2.05, 4.69) is 9.71 Å². The van der Waals surface area contributed by atoms with Crippen molar-refractivity contribution in [1.29, 1.82) is 0 Å². The molecular weight excluding hydrogens is 286 g/mol. The summed E-state index contributed by atoms with van der Waals surface area (Å²) in [5.74, 6) is 0. The van der Waals surface area contributed by atoms with Crippen molar-refractivity contribution in [3.8, 4) is 0 Å². The molecule has 1 aliphatic carbocycles. The quantitative estimate of drug-likeness (QED) is 0.853. The van der Waals surface area contributed by atoms with E-state index in [4.69, 9.17) is 5.73 Å². The molecule has 3 rings (SSSR count). The summed E-state index contributed by atoms with van der Waals surface area (Å²) in [7, 11) is -3.61. The number of benzene rings is 1. The van der Waals surface area contributed by atoms with Crippen LogP contribution in [0.15, 0.2) is 35.4 Å². The molecule has 1 aliphatic rings. The van der Waals surface area contributed by atoms with Crippen molar-refractivity contribution >= 4 is 26.6 Å². The van der Waals surface area contributed by atoms with E-state index in [9.17, 15) is 8.42 Å². The van der Waals surface area contributed by atoms with Crippen molar-refractivity contribution in [3.05, 3.63) is 30.5 Å². The van der Waals surface area contributed by atoms with Crippen molar-refractivity contribution in [2.24, 2.45) is 0 Å². The highest BCUT2D eigenvalue weighted by atomic mass is 32.2. The first kappa shape index (κ1) is 14.3. The Morgan fingerprint density at radius 2 is 1.95 bits per heavy atom. The number of pyridine rings is 1. The molecule has 21 heavy (non-hydrogen) atoms. The van der Waals surface area contributed by atoms with Gasteiger partial charge in [-0.2, -0.15) is 0 Å². The van der Waals surface area contributed by atoms with Gasteiger partial charge < -0.3 is 5.73 Å². The van der Waals surface area contributed by atoms with Crippen LogP contribution in [0.2, 0.25) is 0 Å². The minimum atomic E-state index is -3.61. The zero-order valence-electron chi connectivity index (χ0n) is 12.0. The maximum absolute atomic E-state index is 12.7. The fourth-order valence-corrected chi connectivity index (χ4v) is 4.65. The number of hydrogen-bond donors (Lipinski definition) is 2. The van der Waals surface area contributed by atoms with Crippen molar-refractivity contribution in [3.63, 3.8) is 0 Å². The maximum Gasteiger partial charge on any atom is 0.243 e. The van der Waals surface area contributed by atoms with Crippen LogP contribution >= 0.6 is 0 Å². The second kappa shape index (κ2) is 4.96. The maximum atomic E-state index is 12.7. The van der Waals surface area contributed by atoms with E-state index >= 15 is 0 Å². The van der Waals surface area contributed by atoms with E-state index in [1.165, 1.54) is 6.07 Å². The number of nitrogens with two attached hydrogens (primary N) is 1. The summed E-state index contributed by atoms with van der Waals surface area (Å²) in [5.41, 5.74) is 6.50. The Balaban J connectivity index is 2.09. The molecule has 0 saturated heterocycles. The third kappa shape index (κ3) is 2.61. The van der Waals surface area contributed by atoms with Gasteiger partial charge >= 0.3 is 0 Å². The Hall–Kier alpha value is -1.66. The number of rotatable bonds is 3. The third-order valence-electron chi connectivity index (χ3n) is 4.14. The van der Waals surface area contributed by atoms with Crippen LogP contribution in [0, 0.1) is 0 Å². The van der Waals surface area contributed by atoms with E-state index < -0.39 is 10.0 Å². The van der Waals surface area contributed by atoms with Crippen LogP contribution in [0.4, 0.5) is 5.69 Å². The smallest absolute Gasteiger partial charge is 0.243 e. The van der Waals surface area contributed by atoms with E-state index in [0.29, 0.717) is 16.6 Å². The highest BCUT2D eigenvalue weighted by Gasteiger charge is 2.34. The number of nitrogens with zero attached hydrogens (tertiary/aromatic N) is 1. The Morgan fingerprint density at radius 1 is 1.24 bits per heavy atom. The zero-order chi connectivity index (χ0) is 15.1. The van der Waals surface area contributed by atoms with Crippen molar-refractivity contribution in [2.75, 3.05) is 5.73 Å². The minimum Gasteiger partial charge on any atom is -0.398 e. The predicted molar refractivity (Wildman–Crippen MR) is 83.3 cm³/mol. The van der Waals surface area contributed by atoms with Gasteiger partial charge in [0.05, 0.1) is 5.52 Å². The monoisotopic (exact) mass is 305 g/mol. The highest BCUT2D eigenvalue weighted by Crippen LogP contribution is 2.32. The lowest BCUT2D eigenvalue weighted by molar-refractivity contribution is 0.428. The number of sulfonamides is 1. The van der Waals surface area contributed by atoms with Gasteiger partial charge in [-0.05, 0) is 44.0 Å². The van der Waals surface area contributed by atoms with Crippen LogP contribution in [0.5, 0.6) is 0 Å². The molecule has 0 unspecified atom stereocenters. The Labute approximate surface area is 124 Å². The van der Waals surface area contributed by atoms with E-state index in [-0.39, 0.29) is 10.4 Å². The molecule has 0 aliphatic heterocycles. The molecular formula is C15H19N3O2S. The largest absolute Gasteiger partial charge is 0.398 e. The number of fused-ring (bicyclic) bond motifs is 1. The molecule has 3 N–H and O–H groups in total. The molecule has 0 radical (unpaired) electrons. The van der Waals surface area contributed by atoms with Gasteiger partial charge in [-0.15, -0.1) is 0 Å². The number of anilines is 1. The topological polar surface area (TPSA) is 85.1 Å². The lowest BCUT2D eigenvalue weighted by Gasteiger charge is -2.25. The third-order valence-corrected chi connectivity index (χ3v) is 5.81. The molecule has 1 heterocycles. The van der Waals surface area contributed by atoms with Crippen LogP contribution in [-0.4, -0.2) is 18.9 Å². The second-order valence-corrected chi connectivity index (χ2v) is 7.58. The van der Waals surface area contributed by atoms with Gasteiger partial charge in [-0.1, -0.05) is 12.8 Å². The first-order valence-corrected chi connectivity index (χ1v) is 8.57. The van der Waals surface area contributed by atoms with Crippen LogP contribution in [0.25, 0.3) is 10.9 Å². The van der Waals surface area contributed by atoms with Crippen molar-refractivity contribution in [2.45, 2.75) is 43.0 Å². The second-order valence-electron chi connectivity index (χ2n) is 5.93. The van der Waals surface area contributed by atoms with Crippen molar-refractivity contribution < 1.29 is 8.42 Å². The van der Waals surface area contributed by atoms with Gasteiger partial charge in [-0.25, -0.2) is 13.1 Å². The van der Waals surface area contributed by atoms with Gasteiger partial charge in [0.1, 0.15) is 4.90 Å². The van der Waals surface area contributed by atoms with Gasteiger partial charge in [0.2, 0.25) is 10.0 Å². The molecule has 0 amide bonds. The molecule has 1 aromatic carbocycles. The summed E-state index contributed by atoms with van der Waals surface area (Å²) >= 11 is 0. The van der Waals surface area contributed by atoms with Gasteiger partial charge in [0.15, 0.2) is 0 Å². The van der Waals surface area contributed by atoms with Gasteiger partial charge in [0, 0.05) is 22.8 Å². The van der Waals surface area contributed by atoms with Crippen LogP contribution in [-0.2, 0) is 10.0 Å². The molecule has 2 aromatic rings. The number of nitrogens with one attached hydrogen (secondary N) is 1. The molecule has 112 valence electrons. The first-order chi connectivity index (χ1) is 9.91.